The molecule has 12 aromatic carbocycles. The first-order valence-corrected chi connectivity index (χ1v) is 42.0. The minimum atomic E-state index is -0.302. The molecular weight excluding hydrogens is 1380 g/mol. The molecule has 0 spiro atoms. The summed E-state index contributed by atoms with van der Waals surface area (Å²) in [5.41, 5.74) is 35.6. The van der Waals surface area contributed by atoms with Gasteiger partial charge in [-0.2, -0.15) is 0 Å². The smallest absolute Gasteiger partial charge is 0.252 e. The van der Waals surface area contributed by atoms with Crippen LogP contribution in [0.3, 0.4) is 0 Å². The van der Waals surface area contributed by atoms with E-state index in [1.165, 1.54) is 132 Å². The van der Waals surface area contributed by atoms with E-state index in [4.69, 9.17) is 0 Å². The van der Waals surface area contributed by atoms with E-state index in [0.29, 0.717) is 0 Å². The molecular formula is C105H115B2N5S. The van der Waals surface area contributed by atoms with Crippen molar-refractivity contribution < 1.29 is 0 Å². The third-order valence-electron chi connectivity index (χ3n) is 24.2. The molecule has 4 heterocycles. The topological polar surface area (TPSA) is 16.2 Å². The maximum Gasteiger partial charge on any atom is 0.252 e. The van der Waals surface area contributed by atoms with E-state index in [9.17, 15) is 0 Å². The van der Waals surface area contributed by atoms with E-state index in [1.807, 2.05) is 11.8 Å². The molecule has 0 radical (unpaired) electrons. The maximum absolute atomic E-state index is 2.77. The van der Waals surface area contributed by atoms with E-state index in [2.05, 4.69) is 440 Å². The molecule has 0 N–H and O–H groups in total. The Bertz CT molecular complexity index is 5610. The fourth-order valence-corrected chi connectivity index (χ4v) is 19.0. The highest BCUT2D eigenvalue weighted by molar-refractivity contribution is 8.00. The highest BCUT2D eigenvalue weighted by atomic mass is 32.2. The first-order chi connectivity index (χ1) is 53.0. The van der Waals surface area contributed by atoms with E-state index in [-0.39, 0.29) is 56.7 Å². The van der Waals surface area contributed by atoms with E-state index in [0.717, 1.165) is 45.5 Å². The highest BCUT2D eigenvalue weighted by Gasteiger charge is 2.51. The molecule has 12 aromatic rings. The van der Waals surface area contributed by atoms with Crippen LogP contribution < -0.4 is 57.3 Å². The molecule has 113 heavy (non-hydrogen) atoms. The third kappa shape index (κ3) is 13.8. The van der Waals surface area contributed by atoms with Crippen molar-refractivity contribution in [2.75, 3.05) is 24.5 Å². The Labute approximate surface area is 682 Å². The predicted octanol–water partition coefficient (Wildman–Crippen LogP) is 26.2. The molecule has 0 fully saturated rings. The van der Waals surface area contributed by atoms with Gasteiger partial charge in [-0.1, -0.05) is 304 Å². The lowest BCUT2D eigenvalue weighted by atomic mass is 9.29. The van der Waals surface area contributed by atoms with Gasteiger partial charge in [-0.05, 0) is 249 Å². The second-order valence-electron chi connectivity index (χ2n) is 41.0. The van der Waals surface area contributed by atoms with E-state index < -0.39 is 0 Å². The first-order valence-electron chi connectivity index (χ1n) is 41.2. The van der Waals surface area contributed by atoms with Crippen LogP contribution in [0, 0.1) is 6.92 Å². The van der Waals surface area contributed by atoms with E-state index in [1.54, 1.807) is 0 Å². The number of hydrogen-bond donors (Lipinski definition) is 0. The largest absolute Gasteiger partial charge is 0.311 e. The molecule has 5 nitrogen and oxygen atoms in total. The Kier molecular flexibility index (Phi) is 18.5. The van der Waals surface area contributed by atoms with Crippen molar-refractivity contribution in [1.29, 1.82) is 0 Å². The van der Waals surface area contributed by atoms with Crippen LogP contribution in [-0.4, -0.2) is 13.4 Å². The lowest BCUT2D eigenvalue weighted by molar-refractivity contribution is 0.568. The van der Waals surface area contributed by atoms with Gasteiger partial charge in [-0.25, -0.2) is 0 Å². The Morgan fingerprint density at radius 2 is 0.558 bits per heavy atom. The molecule has 0 atom stereocenters. The van der Waals surface area contributed by atoms with Crippen molar-refractivity contribution in [2.24, 2.45) is 0 Å². The van der Waals surface area contributed by atoms with Gasteiger partial charge in [0, 0.05) is 89.4 Å². The number of nitrogens with zero attached hydrogens (tertiary/aromatic N) is 5. The van der Waals surface area contributed by atoms with Crippen molar-refractivity contribution in [3.8, 4) is 0 Å². The molecule has 0 unspecified atom stereocenters. The quantitative estimate of drug-likeness (QED) is 0.133. The van der Waals surface area contributed by atoms with Crippen LogP contribution in [0.1, 0.15) is 216 Å². The molecule has 4 aliphatic rings. The molecule has 8 heteroatoms. The molecule has 0 saturated carbocycles. The Hall–Kier alpha value is -9.88. The minimum Gasteiger partial charge on any atom is -0.311 e. The highest BCUT2D eigenvalue weighted by Crippen LogP contribution is 2.55. The molecule has 0 bridgehead atoms. The summed E-state index contributed by atoms with van der Waals surface area (Å²) in [7, 11) is 0. The van der Waals surface area contributed by atoms with Crippen LogP contribution in [0.2, 0.25) is 0 Å². The van der Waals surface area contributed by atoms with Crippen molar-refractivity contribution in [3.63, 3.8) is 0 Å². The normalized spacial score (nSPS) is 14.1. The van der Waals surface area contributed by atoms with Crippen LogP contribution in [-0.2, 0) is 43.3 Å². The second kappa shape index (κ2) is 27.1. The zero-order valence-electron chi connectivity index (χ0n) is 71.9. The summed E-state index contributed by atoms with van der Waals surface area (Å²) in [5.74, 6) is 0. The Balaban J connectivity index is 1.09. The van der Waals surface area contributed by atoms with Crippen LogP contribution in [0.4, 0.5) is 85.3 Å². The van der Waals surface area contributed by atoms with Gasteiger partial charge in [0.15, 0.2) is 0 Å². The maximum atomic E-state index is 2.77. The van der Waals surface area contributed by atoms with Crippen LogP contribution in [0.15, 0.2) is 252 Å². The first kappa shape index (κ1) is 77.1. The predicted molar refractivity (Wildman–Crippen MR) is 494 cm³/mol. The SMILES string of the molecule is Cc1ccc(N(c2ccccc2)c2cc3c4c(c2)N(c2cc(C(C)(C)C)cc(C(C)(C)C)c2)c2cc(C(C)(C)C)cc(C(C)(C)C)c2B4c2cc4c(cc2S3)N(c2ccccc2)c2cc(N(c3ccccc3)c3ccccc3)cc3c2B4c2c(cc(C(C)(C)C)cc2C(C)(C)C)N3c2cc(C(C)(C)C)cc(C(C)(C)C)c2)cc1. The van der Waals surface area contributed by atoms with Gasteiger partial charge in [0.25, 0.3) is 6.71 Å². The van der Waals surface area contributed by atoms with Gasteiger partial charge in [0.2, 0.25) is 6.71 Å². The summed E-state index contributed by atoms with van der Waals surface area (Å²) in [6.45, 7) is 59.7. The summed E-state index contributed by atoms with van der Waals surface area (Å²) < 4.78 is 0. The lowest BCUT2D eigenvalue weighted by Crippen LogP contribution is -2.66. The Morgan fingerprint density at radius 1 is 0.239 bits per heavy atom. The second-order valence-corrected chi connectivity index (χ2v) is 42.1. The number of rotatable bonds is 9. The third-order valence-corrected chi connectivity index (χ3v) is 25.3. The van der Waals surface area contributed by atoms with Crippen molar-refractivity contribution in [2.45, 2.75) is 226 Å². The zero-order valence-corrected chi connectivity index (χ0v) is 72.7. The number of para-hydroxylation sites is 4. The molecule has 0 amide bonds. The number of benzene rings is 12. The molecule has 0 aliphatic carbocycles. The fraction of sp³-hybridized carbons (Fsp3) is 0.314. The van der Waals surface area contributed by atoms with Crippen molar-refractivity contribution in [3.05, 3.63) is 293 Å². The summed E-state index contributed by atoms with van der Waals surface area (Å²) in [5, 5.41) is 0. The molecule has 4 aliphatic heterocycles. The van der Waals surface area contributed by atoms with E-state index >= 15 is 0 Å². The number of anilines is 15. The number of fused-ring (bicyclic) bond motifs is 8. The monoisotopic (exact) mass is 1500 g/mol. The molecule has 572 valence electrons. The minimum absolute atomic E-state index is 0.148. The van der Waals surface area contributed by atoms with Gasteiger partial charge in [-0.3, -0.25) is 0 Å². The van der Waals surface area contributed by atoms with Gasteiger partial charge < -0.3 is 24.5 Å². The number of hydrogen-bond acceptors (Lipinski definition) is 6. The van der Waals surface area contributed by atoms with Gasteiger partial charge >= 0.3 is 0 Å². The van der Waals surface area contributed by atoms with Crippen molar-refractivity contribution in [1.82, 2.24) is 0 Å². The van der Waals surface area contributed by atoms with Crippen LogP contribution >= 0.6 is 11.8 Å². The zero-order chi connectivity index (χ0) is 80.5. The van der Waals surface area contributed by atoms with Gasteiger partial charge in [0.05, 0.1) is 5.69 Å². The average molecular weight is 1500 g/mol. The number of aryl methyl sites for hydroxylation is 1. The van der Waals surface area contributed by atoms with Crippen LogP contribution in [0.25, 0.3) is 0 Å². The molecule has 16 rings (SSSR count). The standard InChI is InChI=1S/C105H115B2N5S/c1-66-46-48-77(49-47-66)109(75-42-34-28-35-43-75)81-62-91-97-93(63-81)113-92-65-86-84(64-85(92)107(97)95-83(105(23,24)25)57-72(103(17,18)19)59-88(95)112(91)79-54-69(100(8,9)10)51-70(55-79)101(11,12)13)106-94-82(104(20,21)22)56-71(102(14,15)16)58-87(94)111(78-52-67(98(2,3)4)50-68(53-78)99(5,6)7)90-61-80(60-89(96(90)106)110(86)76-44-36-29-37-45-76)108(73-38-30-26-31-39-73)74-40-32-27-33-41-74/h26-65H,1-25H3. The fourth-order valence-electron chi connectivity index (χ4n) is 17.8. The summed E-state index contributed by atoms with van der Waals surface area (Å²) in [4.78, 5) is 15.7. The van der Waals surface area contributed by atoms with Gasteiger partial charge in [-0.15, -0.1) is 0 Å². The molecule has 0 aromatic heterocycles. The van der Waals surface area contributed by atoms with Crippen molar-refractivity contribution >= 4 is 143 Å². The van der Waals surface area contributed by atoms with Crippen LogP contribution in [0.5, 0.6) is 0 Å². The lowest BCUT2D eigenvalue weighted by Gasteiger charge is -2.48. The summed E-state index contributed by atoms with van der Waals surface area (Å²) >= 11 is 1.97. The summed E-state index contributed by atoms with van der Waals surface area (Å²) in [6.07, 6.45) is 0. The molecule has 0 saturated heterocycles. The Morgan fingerprint density at radius 3 is 0.929 bits per heavy atom. The average Bonchev–Trinajstić information content (AvgIpc) is 0.680. The summed E-state index contributed by atoms with van der Waals surface area (Å²) in [6, 6.07) is 95.0. The van der Waals surface area contributed by atoms with Gasteiger partial charge in [0.1, 0.15) is 0 Å².